The summed E-state index contributed by atoms with van der Waals surface area (Å²) in [4.78, 5) is 11.7. The number of ether oxygens (including phenoxy) is 3. The molecule has 0 aromatic heterocycles. The molecule has 3 rings (SSSR count). The number of aliphatic hydroxyl groups excluding tert-OH is 4. The van der Waals surface area contributed by atoms with Crippen molar-refractivity contribution in [2.75, 3.05) is 0 Å². The van der Waals surface area contributed by atoms with Gasteiger partial charge in [0.15, 0.2) is 0 Å². The number of carbonyl (C=O) groups is 1. The fraction of sp³-hybridized carbons (Fsp3) is 0.919. The number of esters is 1. The van der Waals surface area contributed by atoms with Crippen LogP contribution in [-0.4, -0.2) is 81.3 Å². The van der Waals surface area contributed by atoms with Crippen molar-refractivity contribution >= 4 is 5.97 Å². The van der Waals surface area contributed by atoms with E-state index in [0.717, 1.165) is 83.5 Å². The molecule has 1 unspecified atom stereocenters. The standard InChI is InChI=1S/C37H66O8/c1-3-4-5-6-7-8-12-15-18-31(39)35-23-24-36(45-35)33(41)21-20-32(40)34-22-19-30(44-34)17-14-11-9-10-13-16-29(38)26-28-25-27(2)43-37(28)42/h25,27,29-36,38-41H,3-24,26H2,1-2H3/t27-,29+,30?,31+,32-,33-,34-,35-,36-/m1/s1. The molecular formula is C37H66O8. The number of hydrogen-bond acceptors (Lipinski definition) is 8. The molecule has 0 aromatic carbocycles. The highest BCUT2D eigenvalue weighted by atomic mass is 16.5. The average Bonchev–Trinajstić information content (AvgIpc) is 3.77. The summed E-state index contributed by atoms with van der Waals surface area (Å²) in [5, 5.41) is 42.4. The first-order chi connectivity index (χ1) is 21.8. The van der Waals surface area contributed by atoms with Crippen LogP contribution in [-0.2, 0) is 19.0 Å². The van der Waals surface area contributed by atoms with E-state index in [-0.39, 0.29) is 36.5 Å². The van der Waals surface area contributed by atoms with E-state index in [1.165, 1.54) is 38.5 Å². The van der Waals surface area contributed by atoms with Crippen molar-refractivity contribution in [3.05, 3.63) is 11.6 Å². The highest BCUT2D eigenvalue weighted by molar-refractivity contribution is 5.90. The average molecular weight is 639 g/mol. The lowest BCUT2D eigenvalue weighted by Gasteiger charge is -2.24. The Morgan fingerprint density at radius 2 is 1.18 bits per heavy atom. The zero-order valence-corrected chi connectivity index (χ0v) is 28.5. The molecule has 3 heterocycles. The second kappa shape index (κ2) is 21.8. The Morgan fingerprint density at radius 1 is 0.667 bits per heavy atom. The maximum atomic E-state index is 11.7. The Balaban J connectivity index is 1.16. The zero-order valence-electron chi connectivity index (χ0n) is 28.5. The van der Waals surface area contributed by atoms with E-state index in [9.17, 15) is 25.2 Å². The van der Waals surface area contributed by atoms with Gasteiger partial charge >= 0.3 is 5.97 Å². The lowest BCUT2D eigenvalue weighted by atomic mass is 9.98. The van der Waals surface area contributed by atoms with Crippen molar-refractivity contribution in [2.45, 2.75) is 216 Å². The van der Waals surface area contributed by atoms with Crippen LogP contribution < -0.4 is 0 Å². The minimum absolute atomic E-state index is 0.162. The van der Waals surface area contributed by atoms with Gasteiger partial charge in [-0.2, -0.15) is 0 Å². The maximum absolute atomic E-state index is 11.7. The van der Waals surface area contributed by atoms with Crippen LogP contribution in [0.3, 0.4) is 0 Å². The third kappa shape index (κ3) is 14.7. The molecule has 0 radical (unpaired) electrons. The summed E-state index contributed by atoms with van der Waals surface area (Å²) in [6, 6.07) is 0. The molecule has 2 saturated heterocycles. The van der Waals surface area contributed by atoms with Gasteiger partial charge in [-0.1, -0.05) is 90.4 Å². The van der Waals surface area contributed by atoms with Gasteiger partial charge in [-0.05, 0) is 70.8 Å². The first kappa shape index (κ1) is 38.4. The van der Waals surface area contributed by atoms with Gasteiger partial charge in [0.1, 0.15) is 6.10 Å². The molecule has 3 aliphatic rings. The fourth-order valence-electron chi connectivity index (χ4n) is 7.29. The van der Waals surface area contributed by atoms with Crippen molar-refractivity contribution in [1.29, 1.82) is 0 Å². The van der Waals surface area contributed by atoms with E-state index in [1.807, 2.05) is 6.92 Å². The largest absolute Gasteiger partial charge is 0.455 e. The SMILES string of the molecule is CCCCCCCCCC[C@H](O)[C@H]1CC[C@H]([C@H](O)CC[C@@H](O)[C@H]2CCC(CCCCCCC[C@H](O)CC3=C[C@@H](C)OC3=O)O2)O1. The summed E-state index contributed by atoms with van der Waals surface area (Å²) in [7, 11) is 0. The van der Waals surface area contributed by atoms with Gasteiger partial charge in [0.05, 0.1) is 48.8 Å². The number of rotatable bonds is 25. The van der Waals surface area contributed by atoms with Gasteiger partial charge in [0, 0.05) is 12.0 Å². The third-order valence-electron chi connectivity index (χ3n) is 10.1. The quantitative estimate of drug-likeness (QED) is 0.0634. The molecule has 0 bridgehead atoms. The second-order valence-electron chi connectivity index (χ2n) is 14.2. The summed E-state index contributed by atoms with van der Waals surface area (Å²) < 4.78 is 17.3. The third-order valence-corrected chi connectivity index (χ3v) is 10.1. The molecule has 45 heavy (non-hydrogen) atoms. The Bertz CT molecular complexity index is 833. The molecule has 0 spiro atoms. The van der Waals surface area contributed by atoms with Gasteiger partial charge in [0.25, 0.3) is 0 Å². The minimum Gasteiger partial charge on any atom is -0.455 e. The van der Waals surface area contributed by atoms with Crippen LogP contribution in [0.15, 0.2) is 11.6 Å². The number of cyclic esters (lactones) is 1. The summed E-state index contributed by atoms with van der Waals surface area (Å²) >= 11 is 0. The molecule has 2 fully saturated rings. The van der Waals surface area contributed by atoms with E-state index >= 15 is 0 Å². The number of aliphatic hydroxyl groups is 4. The lowest BCUT2D eigenvalue weighted by molar-refractivity contribution is -0.139. The molecule has 0 amide bonds. The van der Waals surface area contributed by atoms with Crippen LogP contribution in [0.25, 0.3) is 0 Å². The molecule has 9 atom stereocenters. The van der Waals surface area contributed by atoms with Crippen molar-refractivity contribution < 1.29 is 39.4 Å². The number of unbranched alkanes of at least 4 members (excludes halogenated alkanes) is 11. The highest BCUT2D eigenvalue weighted by Gasteiger charge is 2.36. The Hall–Kier alpha value is -1.03. The molecule has 0 saturated carbocycles. The van der Waals surface area contributed by atoms with Gasteiger partial charge in [0.2, 0.25) is 0 Å². The predicted molar refractivity (Wildman–Crippen MR) is 177 cm³/mol. The Morgan fingerprint density at radius 3 is 1.78 bits per heavy atom. The van der Waals surface area contributed by atoms with Crippen LogP contribution in [0, 0.1) is 0 Å². The van der Waals surface area contributed by atoms with Crippen molar-refractivity contribution in [3.63, 3.8) is 0 Å². The minimum atomic E-state index is -0.627. The van der Waals surface area contributed by atoms with Gasteiger partial charge in [-0.3, -0.25) is 0 Å². The smallest absolute Gasteiger partial charge is 0.334 e. The normalized spacial score (nSPS) is 27.8. The van der Waals surface area contributed by atoms with Crippen molar-refractivity contribution in [2.24, 2.45) is 0 Å². The Kier molecular flexibility index (Phi) is 18.6. The zero-order chi connectivity index (χ0) is 32.4. The fourth-order valence-corrected chi connectivity index (χ4v) is 7.29. The van der Waals surface area contributed by atoms with Crippen LogP contribution in [0.2, 0.25) is 0 Å². The number of carbonyl (C=O) groups excluding carboxylic acids is 1. The van der Waals surface area contributed by atoms with Crippen molar-refractivity contribution in [1.82, 2.24) is 0 Å². The highest BCUT2D eigenvalue weighted by Crippen LogP contribution is 2.31. The molecule has 8 nitrogen and oxygen atoms in total. The van der Waals surface area contributed by atoms with Gasteiger partial charge < -0.3 is 34.6 Å². The van der Waals surface area contributed by atoms with Crippen molar-refractivity contribution in [3.8, 4) is 0 Å². The van der Waals surface area contributed by atoms with Crippen LogP contribution >= 0.6 is 0 Å². The van der Waals surface area contributed by atoms with Gasteiger partial charge in [-0.25, -0.2) is 4.79 Å². The summed E-state index contributed by atoms with van der Waals surface area (Å²) in [5.74, 6) is -0.295. The van der Waals surface area contributed by atoms with Crippen LogP contribution in [0.1, 0.15) is 162 Å². The predicted octanol–water partition coefficient (Wildman–Crippen LogP) is 6.83. The first-order valence-electron chi connectivity index (χ1n) is 18.7. The lowest BCUT2D eigenvalue weighted by Crippen LogP contribution is -2.33. The molecule has 262 valence electrons. The molecule has 4 N–H and O–H groups in total. The summed E-state index contributed by atoms with van der Waals surface area (Å²) in [5.41, 5.74) is 0.600. The van der Waals surface area contributed by atoms with E-state index in [2.05, 4.69) is 6.92 Å². The second-order valence-corrected chi connectivity index (χ2v) is 14.2. The monoisotopic (exact) mass is 638 g/mol. The molecule has 8 heteroatoms. The molecular weight excluding hydrogens is 572 g/mol. The van der Waals surface area contributed by atoms with Crippen LogP contribution in [0.4, 0.5) is 0 Å². The molecule has 0 aromatic rings. The summed E-state index contributed by atoms with van der Waals surface area (Å²) in [6.07, 6.45) is 21.6. The van der Waals surface area contributed by atoms with Gasteiger partial charge in [-0.15, -0.1) is 0 Å². The number of hydrogen-bond donors (Lipinski definition) is 4. The topological polar surface area (TPSA) is 126 Å². The first-order valence-corrected chi connectivity index (χ1v) is 18.7. The van der Waals surface area contributed by atoms with Crippen LogP contribution in [0.5, 0.6) is 0 Å². The van der Waals surface area contributed by atoms with E-state index in [0.29, 0.717) is 31.3 Å². The Labute approximate surface area is 273 Å². The maximum Gasteiger partial charge on any atom is 0.334 e. The molecule has 3 aliphatic heterocycles. The van der Waals surface area contributed by atoms with E-state index in [1.54, 1.807) is 6.08 Å². The van der Waals surface area contributed by atoms with E-state index < -0.39 is 24.4 Å². The molecule has 0 aliphatic carbocycles. The van der Waals surface area contributed by atoms with E-state index in [4.69, 9.17) is 14.2 Å². The summed E-state index contributed by atoms with van der Waals surface area (Å²) in [6.45, 7) is 4.07.